The third-order valence-electron chi connectivity index (χ3n) is 3.16. The van der Waals surface area contributed by atoms with Crippen molar-refractivity contribution in [2.24, 2.45) is 0 Å². The first-order chi connectivity index (χ1) is 12.1. The van der Waals surface area contributed by atoms with E-state index in [1.807, 2.05) is 20.8 Å². The second-order valence-corrected chi connectivity index (χ2v) is 7.67. The number of pyridine rings is 1. The molecule has 1 amide bonds. The predicted molar refractivity (Wildman–Crippen MR) is 94.9 cm³/mol. The average molecular weight is 372 g/mol. The quantitative estimate of drug-likeness (QED) is 0.446. The fourth-order valence-electron chi connectivity index (χ4n) is 2.20. The van der Waals surface area contributed by atoms with E-state index in [1.165, 1.54) is 19.4 Å². The van der Waals surface area contributed by atoms with Crippen LogP contribution in [0.5, 0.6) is 11.6 Å². The number of hydrogen-bond acceptors (Lipinski definition) is 7. The molecule has 0 saturated heterocycles. The summed E-state index contributed by atoms with van der Waals surface area (Å²) in [5, 5.41) is 2.68. The van der Waals surface area contributed by atoms with Gasteiger partial charge in [0.25, 0.3) is 0 Å². The van der Waals surface area contributed by atoms with Crippen molar-refractivity contribution in [3.8, 4) is 11.6 Å². The first kappa shape index (κ1) is 21.4. The van der Waals surface area contributed by atoms with Gasteiger partial charge in [0.15, 0.2) is 0 Å². The molecule has 0 bridgehead atoms. The molecule has 8 nitrogen and oxygen atoms in total. The standard InChI is InChI=1S/C16H28N2O6Si/c1-5-21-25(22-6-2,23-7-3)12-8-10-18-16(19)24-15-13-14(20-4)9-11-17-15/h9,11,13H,5-8,10,12H2,1-4H3,(H,18,19). The summed E-state index contributed by atoms with van der Waals surface area (Å²) in [6.07, 6.45) is 1.60. The number of nitrogens with one attached hydrogen (secondary N) is 1. The maximum atomic E-state index is 11.8. The topological polar surface area (TPSA) is 88.1 Å². The molecule has 0 aliphatic heterocycles. The summed E-state index contributed by atoms with van der Waals surface area (Å²) in [7, 11) is -1.14. The Labute approximate surface area is 150 Å². The zero-order chi connectivity index (χ0) is 18.5. The summed E-state index contributed by atoms with van der Waals surface area (Å²) in [5.41, 5.74) is 0. The van der Waals surface area contributed by atoms with Crippen molar-refractivity contribution in [3.63, 3.8) is 0 Å². The summed E-state index contributed by atoms with van der Waals surface area (Å²) < 4.78 is 27.5. The summed E-state index contributed by atoms with van der Waals surface area (Å²) in [4.78, 5) is 15.8. The van der Waals surface area contributed by atoms with E-state index < -0.39 is 14.9 Å². The molecule has 1 rings (SSSR count). The van der Waals surface area contributed by atoms with Gasteiger partial charge >= 0.3 is 14.9 Å². The van der Waals surface area contributed by atoms with Gasteiger partial charge in [0.05, 0.1) is 7.11 Å². The Balaban J connectivity index is 2.42. The highest BCUT2D eigenvalue weighted by Gasteiger charge is 2.39. The molecule has 25 heavy (non-hydrogen) atoms. The molecule has 0 radical (unpaired) electrons. The molecular formula is C16H28N2O6Si. The SMILES string of the molecule is CCO[Si](CCCNC(=O)Oc1cc(OC)ccn1)(OCC)OCC. The van der Waals surface area contributed by atoms with Crippen LogP contribution in [0.3, 0.4) is 0 Å². The highest BCUT2D eigenvalue weighted by Crippen LogP contribution is 2.18. The van der Waals surface area contributed by atoms with Crippen molar-refractivity contribution in [1.29, 1.82) is 0 Å². The number of nitrogens with zero attached hydrogens (tertiary/aromatic N) is 1. The Kier molecular flexibility index (Phi) is 10.1. The van der Waals surface area contributed by atoms with E-state index >= 15 is 0 Å². The zero-order valence-corrected chi connectivity index (χ0v) is 16.4. The Morgan fingerprint density at radius 1 is 1.16 bits per heavy atom. The Morgan fingerprint density at radius 3 is 2.36 bits per heavy atom. The van der Waals surface area contributed by atoms with E-state index in [-0.39, 0.29) is 5.88 Å². The third kappa shape index (κ3) is 7.82. The van der Waals surface area contributed by atoms with Gasteiger partial charge in [0.2, 0.25) is 5.88 Å². The molecule has 0 aromatic carbocycles. The van der Waals surface area contributed by atoms with Gasteiger partial charge in [-0.3, -0.25) is 0 Å². The number of rotatable bonds is 12. The van der Waals surface area contributed by atoms with Crippen LogP contribution < -0.4 is 14.8 Å². The maximum Gasteiger partial charge on any atom is 0.500 e. The Bertz CT molecular complexity index is 500. The molecule has 0 fully saturated rings. The van der Waals surface area contributed by atoms with Gasteiger partial charge in [-0.2, -0.15) is 0 Å². The van der Waals surface area contributed by atoms with Crippen molar-refractivity contribution in [2.45, 2.75) is 33.2 Å². The Hall–Kier alpha value is -1.68. The molecule has 0 atom stereocenters. The van der Waals surface area contributed by atoms with Crippen molar-refractivity contribution < 1.29 is 27.5 Å². The molecular weight excluding hydrogens is 344 g/mol. The number of carbonyl (C=O) groups excluding carboxylic acids is 1. The van der Waals surface area contributed by atoms with Gasteiger partial charge in [-0.15, -0.1) is 0 Å². The van der Waals surface area contributed by atoms with E-state index in [0.717, 1.165) is 0 Å². The highest BCUT2D eigenvalue weighted by atomic mass is 28.4. The van der Waals surface area contributed by atoms with Gasteiger partial charge in [-0.1, -0.05) is 0 Å². The molecule has 1 aromatic rings. The van der Waals surface area contributed by atoms with Crippen molar-refractivity contribution in [3.05, 3.63) is 18.3 Å². The number of methoxy groups -OCH3 is 1. The number of amides is 1. The predicted octanol–water partition coefficient (Wildman–Crippen LogP) is 2.62. The normalized spacial score (nSPS) is 11.2. The molecule has 0 spiro atoms. The van der Waals surface area contributed by atoms with Crippen LogP contribution in [-0.4, -0.2) is 53.4 Å². The molecule has 9 heteroatoms. The highest BCUT2D eigenvalue weighted by molar-refractivity contribution is 6.60. The maximum absolute atomic E-state index is 11.8. The number of hydrogen-bond donors (Lipinski definition) is 1. The van der Waals surface area contributed by atoms with Gasteiger partial charge < -0.3 is 28.1 Å². The minimum atomic E-state index is -2.68. The zero-order valence-electron chi connectivity index (χ0n) is 15.4. The number of ether oxygens (including phenoxy) is 2. The van der Waals surface area contributed by atoms with Crippen LogP contribution in [0, 0.1) is 0 Å². The lowest BCUT2D eigenvalue weighted by Gasteiger charge is -2.28. The van der Waals surface area contributed by atoms with Crippen molar-refractivity contribution in [2.75, 3.05) is 33.5 Å². The third-order valence-corrected chi connectivity index (χ3v) is 6.31. The van der Waals surface area contributed by atoms with Crippen LogP contribution >= 0.6 is 0 Å². The molecule has 0 saturated carbocycles. The number of aromatic nitrogens is 1. The molecule has 1 N–H and O–H groups in total. The van der Waals surface area contributed by atoms with E-state index in [0.29, 0.717) is 44.6 Å². The van der Waals surface area contributed by atoms with E-state index in [4.69, 9.17) is 22.8 Å². The molecule has 1 aromatic heterocycles. The van der Waals surface area contributed by atoms with Gasteiger partial charge in [-0.25, -0.2) is 9.78 Å². The molecule has 142 valence electrons. The molecule has 1 heterocycles. The van der Waals surface area contributed by atoms with Crippen LogP contribution in [0.1, 0.15) is 27.2 Å². The van der Waals surface area contributed by atoms with Crippen LogP contribution in [-0.2, 0) is 13.3 Å². The summed E-state index contributed by atoms with van der Waals surface area (Å²) in [5.74, 6) is 0.747. The first-order valence-corrected chi connectivity index (χ1v) is 10.4. The second kappa shape index (κ2) is 11.8. The fourth-order valence-corrected chi connectivity index (χ4v) is 4.81. The summed E-state index contributed by atoms with van der Waals surface area (Å²) in [6.45, 7) is 7.75. The van der Waals surface area contributed by atoms with E-state index in [9.17, 15) is 4.79 Å². The summed E-state index contributed by atoms with van der Waals surface area (Å²) in [6, 6.07) is 3.83. The molecule has 0 aliphatic carbocycles. The minimum Gasteiger partial charge on any atom is -0.497 e. The van der Waals surface area contributed by atoms with Crippen LogP contribution in [0.25, 0.3) is 0 Å². The fraction of sp³-hybridized carbons (Fsp3) is 0.625. The monoisotopic (exact) mass is 372 g/mol. The molecule has 0 aliphatic rings. The van der Waals surface area contributed by atoms with Crippen LogP contribution in [0.2, 0.25) is 6.04 Å². The van der Waals surface area contributed by atoms with Gasteiger partial charge in [0, 0.05) is 44.7 Å². The lowest BCUT2D eigenvalue weighted by atomic mass is 10.4. The van der Waals surface area contributed by atoms with Crippen molar-refractivity contribution in [1.82, 2.24) is 10.3 Å². The second-order valence-electron chi connectivity index (χ2n) is 4.94. The average Bonchev–Trinajstić information content (AvgIpc) is 2.60. The molecule has 0 unspecified atom stereocenters. The minimum absolute atomic E-state index is 0.179. The van der Waals surface area contributed by atoms with Gasteiger partial charge in [-0.05, 0) is 33.3 Å². The van der Waals surface area contributed by atoms with E-state index in [1.54, 1.807) is 6.07 Å². The Morgan fingerprint density at radius 2 is 1.80 bits per heavy atom. The summed E-state index contributed by atoms with van der Waals surface area (Å²) >= 11 is 0. The van der Waals surface area contributed by atoms with Crippen LogP contribution in [0.15, 0.2) is 18.3 Å². The lowest BCUT2D eigenvalue weighted by Crippen LogP contribution is -2.46. The lowest BCUT2D eigenvalue weighted by molar-refractivity contribution is 0.0708. The van der Waals surface area contributed by atoms with E-state index in [2.05, 4.69) is 10.3 Å². The van der Waals surface area contributed by atoms with Gasteiger partial charge in [0.1, 0.15) is 5.75 Å². The first-order valence-electron chi connectivity index (χ1n) is 8.46. The smallest absolute Gasteiger partial charge is 0.497 e. The number of carbonyl (C=O) groups is 1. The largest absolute Gasteiger partial charge is 0.500 e. The van der Waals surface area contributed by atoms with Crippen molar-refractivity contribution >= 4 is 14.9 Å². The van der Waals surface area contributed by atoms with Crippen LogP contribution in [0.4, 0.5) is 4.79 Å².